The zero-order chi connectivity index (χ0) is 24.4. The largest absolute Gasteiger partial charge is 0.364 e. The second kappa shape index (κ2) is 10.5. The van der Waals surface area contributed by atoms with Crippen LogP contribution in [0.4, 0.5) is 0 Å². The molecule has 1 atom stereocenters. The predicted molar refractivity (Wildman–Crippen MR) is 134 cm³/mol. The van der Waals surface area contributed by atoms with E-state index in [1.54, 1.807) is 30.3 Å². The van der Waals surface area contributed by atoms with E-state index >= 15 is 0 Å². The van der Waals surface area contributed by atoms with Gasteiger partial charge in [0.1, 0.15) is 28.3 Å². The molecule has 12 heteroatoms. The Labute approximate surface area is 225 Å². The monoisotopic (exact) mass is 642 g/mol. The lowest BCUT2D eigenvalue weighted by atomic mass is 10.00. The molecule has 0 saturated carbocycles. The molecule has 0 bridgehead atoms. The molecule has 34 heavy (non-hydrogen) atoms. The first kappa shape index (κ1) is 24.8. The summed E-state index contributed by atoms with van der Waals surface area (Å²) >= 11 is 25.2. The molecule has 3 heterocycles. The maximum absolute atomic E-state index is 13.9. The van der Waals surface area contributed by atoms with Crippen LogP contribution >= 0.6 is 66.7 Å². The second-order valence-corrected chi connectivity index (χ2v) is 9.83. The number of pyridine rings is 2. The van der Waals surface area contributed by atoms with Crippen LogP contribution in [0.3, 0.4) is 0 Å². The van der Waals surface area contributed by atoms with Gasteiger partial charge in [0.25, 0.3) is 11.8 Å². The van der Waals surface area contributed by atoms with Crippen molar-refractivity contribution in [2.45, 2.75) is 6.04 Å². The van der Waals surface area contributed by atoms with Gasteiger partial charge in [0, 0.05) is 32.4 Å². The molecule has 0 spiro atoms. The Morgan fingerprint density at radius 3 is 1.85 bits per heavy atom. The summed E-state index contributed by atoms with van der Waals surface area (Å²) in [5.74, 6) is -1.47. The van der Waals surface area contributed by atoms with Gasteiger partial charge >= 0.3 is 0 Å². The fourth-order valence-electron chi connectivity index (χ4n) is 3.19. The Morgan fingerprint density at radius 2 is 1.38 bits per heavy atom. The number of aromatic nitrogens is 3. The van der Waals surface area contributed by atoms with Crippen LogP contribution in [0, 0.1) is 0 Å². The normalized spacial score (nSPS) is 11.8. The van der Waals surface area contributed by atoms with Crippen molar-refractivity contribution in [1.82, 2.24) is 20.0 Å². The lowest BCUT2D eigenvalue weighted by Gasteiger charge is -2.30. The van der Waals surface area contributed by atoms with E-state index in [0.29, 0.717) is 25.2 Å². The van der Waals surface area contributed by atoms with Crippen LogP contribution in [-0.4, -0.2) is 31.8 Å². The molecular weight excluding hydrogens is 634 g/mol. The average Bonchev–Trinajstić information content (AvgIpc) is 3.35. The summed E-state index contributed by atoms with van der Waals surface area (Å²) in [4.78, 5) is 36.8. The molecule has 4 rings (SSSR count). The molecule has 0 aliphatic heterocycles. The predicted octanol–water partition coefficient (Wildman–Crippen LogP) is 7.02. The van der Waals surface area contributed by atoms with Crippen LogP contribution in [-0.2, 0) is 0 Å². The number of halogens is 5. The number of benzene rings is 1. The standard InChI is InChI=1S/C22H11Br2Cl3N4O3/c23-12-7-15(19(26)28-9-12)21(32)31(22(33)16-8-13(24)10-29-20(16)27)18(17-5-6-34-30-17)11-1-3-14(25)4-2-11/h1-10,18H. The van der Waals surface area contributed by atoms with Gasteiger partial charge in [-0.25, -0.2) is 9.97 Å². The van der Waals surface area contributed by atoms with Crippen LogP contribution in [0.5, 0.6) is 0 Å². The first-order valence-electron chi connectivity index (χ1n) is 9.42. The highest BCUT2D eigenvalue weighted by atomic mass is 79.9. The third kappa shape index (κ3) is 5.18. The Kier molecular flexibility index (Phi) is 7.69. The van der Waals surface area contributed by atoms with Gasteiger partial charge < -0.3 is 4.52 Å². The summed E-state index contributed by atoms with van der Waals surface area (Å²) in [6.45, 7) is 0. The van der Waals surface area contributed by atoms with E-state index in [9.17, 15) is 9.59 Å². The van der Waals surface area contributed by atoms with Crippen molar-refractivity contribution in [1.29, 1.82) is 0 Å². The Morgan fingerprint density at radius 1 is 0.853 bits per heavy atom. The topological polar surface area (TPSA) is 89.2 Å². The first-order chi connectivity index (χ1) is 16.3. The summed E-state index contributed by atoms with van der Waals surface area (Å²) in [5, 5.41) is 4.31. The number of hydrogen-bond acceptors (Lipinski definition) is 6. The lowest BCUT2D eigenvalue weighted by Crippen LogP contribution is -2.41. The molecule has 0 radical (unpaired) electrons. The van der Waals surface area contributed by atoms with E-state index in [4.69, 9.17) is 39.3 Å². The van der Waals surface area contributed by atoms with Gasteiger partial charge in [-0.05, 0) is 61.7 Å². The van der Waals surface area contributed by atoms with Gasteiger partial charge in [-0.1, -0.05) is 52.1 Å². The average molecular weight is 646 g/mol. The van der Waals surface area contributed by atoms with Crippen LogP contribution in [0.2, 0.25) is 15.3 Å². The SMILES string of the molecule is O=C(c1cc(Br)cnc1Cl)N(C(=O)c1cc(Br)cnc1Cl)C(c1ccc(Cl)cc1)c1ccon1. The second-order valence-electron chi connectivity index (χ2n) is 6.84. The van der Waals surface area contributed by atoms with Crippen molar-refractivity contribution in [3.63, 3.8) is 0 Å². The van der Waals surface area contributed by atoms with E-state index in [-0.39, 0.29) is 21.4 Å². The van der Waals surface area contributed by atoms with Gasteiger partial charge in [-0.3, -0.25) is 14.5 Å². The van der Waals surface area contributed by atoms with Crippen LogP contribution in [0.15, 0.2) is 74.6 Å². The zero-order valence-corrected chi connectivity index (χ0v) is 22.2. The highest BCUT2D eigenvalue weighted by Crippen LogP contribution is 2.34. The number of rotatable bonds is 5. The summed E-state index contributed by atoms with van der Waals surface area (Å²) in [6.07, 6.45) is 4.22. The quantitative estimate of drug-likeness (QED) is 0.171. The van der Waals surface area contributed by atoms with Crippen molar-refractivity contribution in [3.8, 4) is 0 Å². The lowest BCUT2D eigenvalue weighted by molar-refractivity contribution is 0.0564. The number of amides is 2. The van der Waals surface area contributed by atoms with E-state index in [1.165, 1.54) is 30.8 Å². The molecular formula is C22H11Br2Cl3N4O3. The molecule has 2 amide bonds. The molecule has 0 aliphatic carbocycles. The minimum atomic E-state index is -1.01. The van der Waals surface area contributed by atoms with E-state index < -0.39 is 17.9 Å². The number of carbonyl (C=O) groups is 2. The molecule has 0 saturated heterocycles. The van der Waals surface area contributed by atoms with Crippen molar-refractivity contribution in [2.75, 3.05) is 0 Å². The summed E-state index contributed by atoms with van der Waals surface area (Å²) in [7, 11) is 0. The number of hydrogen-bond donors (Lipinski definition) is 0. The smallest absolute Gasteiger partial charge is 0.264 e. The fourth-order valence-corrected chi connectivity index (χ4v) is 4.35. The van der Waals surface area contributed by atoms with E-state index in [1.807, 2.05) is 0 Å². The molecule has 7 nitrogen and oxygen atoms in total. The minimum absolute atomic E-state index is 0.00840. The van der Waals surface area contributed by atoms with Crippen molar-refractivity contribution in [3.05, 3.63) is 108 Å². The van der Waals surface area contributed by atoms with Crippen molar-refractivity contribution >= 4 is 78.5 Å². The molecule has 172 valence electrons. The molecule has 0 N–H and O–H groups in total. The van der Waals surface area contributed by atoms with Crippen LogP contribution in [0.25, 0.3) is 0 Å². The highest BCUT2D eigenvalue weighted by Gasteiger charge is 2.37. The molecule has 0 aliphatic rings. The van der Waals surface area contributed by atoms with Crippen molar-refractivity contribution in [2.24, 2.45) is 0 Å². The van der Waals surface area contributed by atoms with Crippen LogP contribution in [0.1, 0.15) is 38.0 Å². The molecule has 3 aromatic heterocycles. The van der Waals surface area contributed by atoms with Gasteiger partial charge in [0.2, 0.25) is 0 Å². The highest BCUT2D eigenvalue weighted by molar-refractivity contribution is 9.10. The van der Waals surface area contributed by atoms with Gasteiger partial charge in [-0.15, -0.1) is 0 Å². The van der Waals surface area contributed by atoms with Crippen molar-refractivity contribution < 1.29 is 14.1 Å². The third-order valence-corrected chi connectivity index (χ3v) is 6.41. The maximum atomic E-state index is 13.9. The van der Waals surface area contributed by atoms with Gasteiger partial charge in [-0.2, -0.15) is 0 Å². The molecule has 4 aromatic rings. The van der Waals surface area contributed by atoms with E-state index in [2.05, 4.69) is 47.0 Å². The minimum Gasteiger partial charge on any atom is -0.364 e. The fraction of sp³-hybridized carbons (Fsp3) is 0.0455. The molecule has 0 fully saturated rings. The molecule has 1 aromatic carbocycles. The zero-order valence-electron chi connectivity index (χ0n) is 16.8. The van der Waals surface area contributed by atoms with E-state index in [0.717, 1.165) is 4.90 Å². The summed E-state index contributed by atoms with van der Waals surface area (Å²) in [5.41, 5.74) is 0.817. The summed E-state index contributed by atoms with van der Waals surface area (Å²) < 4.78 is 6.03. The number of imide groups is 1. The molecule has 1 unspecified atom stereocenters. The first-order valence-corrected chi connectivity index (χ1v) is 12.1. The number of nitrogens with zero attached hydrogens (tertiary/aromatic N) is 4. The number of carbonyl (C=O) groups excluding carboxylic acids is 2. The summed E-state index contributed by atoms with van der Waals surface area (Å²) in [6, 6.07) is 10.1. The van der Waals surface area contributed by atoms with Gasteiger partial charge in [0.05, 0.1) is 11.1 Å². The Bertz CT molecular complexity index is 1310. The maximum Gasteiger partial charge on any atom is 0.264 e. The Balaban J connectivity index is 1.95. The van der Waals surface area contributed by atoms with Crippen LogP contribution < -0.4 is 0 Å². The Hall–Kier alpha value is -2.30. The third-order valence-electron chi connectivity index (χ3n) is 4.69. The van der Waals surface area contributed by atoms with Gasteiger partial charge in [0.15, 0.2) is 0 Å².